The van der Waals surface area contributed by atoms with Gasteiger partial charge in [0, 0.05) is 34.9 Å². The van der Waals surface area contributed by atoms with E-state index in [0.29, 0.717) is 42.6 Å². The fourth-order valence-corrected chi connectivity index (χ4v) is 4.15. The molecule has 1 amide bonds. The van der Waals surface area contributed by atoms with Crippen LogP contribution in [0.25, 0.3) is 22.0 Å². The van der Waals surface area contributed by atoms with Crippen molar-refractivity contribution in [1.29, 1.82) is 0 Å². The van der Waals surface area contributed by atoms with Gasteiger partial charge >= 0.3 is 0 Å². The van der Waals surface area contributed by atoms with E-state index >= 15 is 0 Å². The number of H-pyrrole nitrogens is 1. The molecule has 0 saturated carbocycles. The Bertz CT molecular complexity index is 1320. The van der Waals surface area contributed by atoms with Crippen molar-refractivity contribution >= 4 is 16.8 Å². The first-order chi connectivity index (χ1) is 16.7. The first kappa shape index (κ1) is 21.8. The Morgan fingerprint density at radius 1 is 1.18 bits per heavy atom. The van der Waals surface area contributed by atoms with Gasteiger partial charge in [0.15, 0.2) is 11.5 Å². The number of hydrogen-bond donors (Lipinski definition) is 3. The average Bonchev–Trinajstić information content (AvgIpc) is 3.30. The molecule has 8 nitrogen and oxygen atoms in total. The van der Waals surface area contributed by atoms with E-state index in [2.05, 4.69) is 15.3 Å². The molecule has 3 heterocycles. The van der Waals surface area contributed by atoms with Crippen LogP contribution in [0.4, 0.5) is 0 Å². The van der Waals surface area contributed by atoms with Crippen molar-refractivity contribution in [3.05, 3.63) is 72.1 Å². The minimum Gasteiger partial charge on any atom is -0.486 e. The zero-order valence-corrected chi connectivity index (χ0v) is 18.7. The predicted octanol–water partition coefficient (Wildman–Crippen LogP) is 3.34. The number of aromatic nitrogens is 2. The molecule has 1 atom stereocenters. The molecule has 3 N–H and O–H groups in total. The molecule has 0 radical (unpaired) electrons. The van der Waals surface area contributed by atoms with E-state index in [1.54, 1.807) is 25.4 Å². The summed E-state index contributed by atoms with van der Waals surface area (Å²) in [6.07, 6.45) is 4.07. The zero-order chi connectivity index (χ0) is 23.5. The van der Waals surface area contributed by atoms with Crippen LogP contribution < -0.4 is 19.5 Å². The number of aliphatic hydroxyl groups excluding tert-OH is 1. The quantitative estimate of drug-likeness (QED) is 0.392. The maximum Gasteiger partial charge on any atom is 0.255 e. The third-order valence-corrected chi connectivity index (χ3v) is 5.86. The van der Waals surface area contributed by atoms with Gasteiger partial charge < -0.3 is 29.6 Å². The normalized spacial score (nSPS) is 13.5. The summed E-state index contributed by atoms with van der Waals surface area (Å²) in [5.74, 6) is 1.06. The first-order valence-corrected chi connectivity index (χ1v) is 11.1. The Hall–Kier alpha value is -4.04. The van der Waals surface area contributed by atoms with Crippen LogP contribution in [0.5, 0.6) is 17.4 Å². The van der Waals surface area contributed by atoms with Crippen molar-refractivity contribution in [1.82, 2.24) is 15.3 Å². The van der Waals surface area contributed by atoms with E-state index in [9.17, 15) is 9.90 Å². The molecule has 1 aliphatic rings. The molecule has 0 bridgehead atoms. The number of hydrogen-bond acceptors (Lipinski definition) is 6. The van der Waals surface area contributed by atoms with Gasteiger partial charge in [0.05, 0.1) is 25.3 Å². The molecule has 34 heavy (non-hydrogen) atoms. The Labute approximate surface area is 196 Å². The zero-order valence-electron chi connectivity index (χ0n) is 18.7. The monoisotopic (exact) mass is 459 g/mol. The van der Waals surface area contributed by atoms with Crippen molar-refractivity contribution in [3.8, 4) is 28.5 Å². The highest BCUT2D eigenvalue weighted by atomic mass is 16.6. The van der Waals surface area contributed by atoms with E-state index < -0.39 is 6.04 Å². The SMILES string of the molecule is COc1ccc(-c2cc3c(c(C(=O)NC(CO)Cc4c[nH]c5ccccc45)c2)OCCO3)cn1. The van der Waals surface area contributed by atoms with Gasteiger partial charge in [-0.25, -0.2) is 4.98 Å². The van der Waals surface area contributed by atoms with Crippen LogP contribution in [0, 0.1) is 0 Å². The number of carbonyl (C=O) groups excluding carboxylic acids is 1. The van der Waals surface area contributed by atoms with E-state index in [-0.39, 0.29) is 12.5 Å². The highest BCUT2D eigenvalue weighted by molar-refractivity contribution is 5.99. The smallest absolute Gasteiger partial charge is 0.255 e. The van der Waals surface area contributed by atoms with Crippen molar-refractivity contribution in [2.24, 2.45) is 0 Å². The molecule has 2 aromatic carbocycles. The van der Waals surface area contributed by atoms with Gasteiger partial charge in [-0.1, -0.05) is 18.2 Å². The summed E-state index contributed by atoms with van der Waals surface area (Å²) in [6, 6.07) is 14.7. The van der Waals surface area contributed by atoms with Crippen LogP contribution >= 0.6 is 0 Å². The van der Waals surface area contributed by atoms with E-state index in [1.165, 1.54) is 0 Å². The highest BCUT2D eigenvalue weighted by Gasteiger charge is 2.25. The molecule has 1 aliphatic heterocycles. The third kappa shape index (κ3) is 4.27. The first-order valence-electron chi connectivity index (χ1n) is 11.1. The highest BCUT2D eigenvalue weighted by Crippen LogP contribution is 2.38. The Morgan fingerprint density at radius 2 is 2.03 bits per heavy atom. The summed E-state index contributed by atoms with van der Waals surface area (Å²) < 4.78 is 16.7. The number of rotatable bonds is 7. The van der Waals surface area contributed by atoms with Crippen LogP contribution in [0.3, 0.4) is 0 Å². The fraction of sp³-hybridized carbons (Fsp3) is 0.231. The van der Waals surface area contributed by atoms with Crippen molar-refractivity contribution in [2.75, 3.05) is 26.9 Å². The lowest BCUT2D eigenvalue weighted by Gasteiger charge is -2.23. The van der Waals surface area contributed by atoms with E-state index in [1.807, 2.05) is 42.6 Å². The molecule has 0 fully saturated rings. The molecule has 0 saturated heterocycles. The van der Waals surface area contributed by atoms with Crippen molar-refractivity contribution in [3.63, 3.8) is 0 Å². The number of nitrogens with zero attached hydrogens (tertiary/aromatic N) is 1. The second kappa shape index (κ2) is 9.44. The van der Waals surface area contributed by atoms with Gasteiger partial charge in [-0.3, -0.25) is 4.79 Å². The number of fused-ring (bicyclic) bond motifs is 2. The largest absolute Gasteiger partial charge is 0.486 e. The van der Waals surface area contributed by atoms with Gasteiger partial charge in [-0.05, 0) is 41.8 Å². The number of carbonyl (C=O) groups is 1. The minimum atomic E-state index is -0.474. The minimum absolute atomic E-state index is 0.202. The van der Waals surface area contributed by atoms with Crippen molar-refractivity contribution in [2.45, 2.75) is 12.5 Å². The molecule has 8 heteroatoms. The number of benzene rings is 2. The van der Waals surface area contributed by atoms with Gasteiger partial charge in [-0.2, -0.15) is 0 Å². The molecule has 1 unspecified atom stereocenters. The Balaban J connectivity index is 1.43. The van der Waals surface area contributed by atoms with E-state index in [0.717, 1.165) is 27.6 Å². The lowest BCUT2D eigenvalue weighted by molar-refractivity contribution is 0.0906. The average molecular weight is 460 g/mol. The van der Waals surface area contributed by atoms with Gasteiger partial charge in [0.2, 0.25) is 5.88 Å². The molecule has 0 aliphatic carbocycles. The molecular formula is C26H25N3O5. The van der Waals surface area contributed by atoms with Gasteiger partial charge in [-0.15, -0.1) is 0 Å². The van der Waals surface area contributed by atoms with Crippen LogP contribution in [-0.2, 0) is 6.42 Å². The third-order valence-electron chi connectivity index (χ3n) is 5.86. The van der Waals surface area contributed by atoms with Crippen LogP contribution in [0.1, 0.15) is 15.9 Å². The fourth-order valence-electron chi connectivity index (χ4n) is 4.15. The molecule has 174 valence electrons. The number of ether oxygens (including phenoxy) is 3. The standard InChI is InChI=1S/C26H25N3O5/c1-32-24-7-6-16(13-28-24)17-11-21(25-23(12-17)33-8-9-34-25)26(31)29-19(15-30)10-18-14-27-22-5-3-2-4-20(18)22/h2-7,11-14,19,27,30H,8-10,15H2,1H3,(H,29,31). The number of amides is 1. The number of aromatic amines is 1. The molecule has 2 aromatic heterocycles. The predicted molar refractivity (Wildman–Crippen MR) is 128 cm³/mol. The van der Waals surface area contributed by atoms with Gasteiger partial charge in [0.25, 0.3) is 5.91 Å². The maximum absolute atomic E-state index is 13.4. The lowest BCUT2D eigenvalue weighted by atomic mass is 10.0. The Kier molecular flexibility index (Phi) is 6.05. The van der Waals surface area contributed by atoms with E-state index in [4.69, 9.17) is 14.2 Å². The number of aliphatic hydroxyl groups is 1. The number of pyridine rings is 1. The summed E-state index contributed by atoms with van der Waals surface area (Å²) in [5, 5.41) is 14.0. The summed E-state index contributed by atoms with van der Waals surface area (Å²) in [6.45, 7) is 0.556. The molecular weight excluding hydrogens is 434 g/mol. The Morgan fingerprint density at radius 3 is 2.82 bits per heavy atom. The van der Waals surface area contributed by atoms with Gasteiger partial charge in [0.1, 0.15) is 13.2 Å². The lowest BCUT2D eigenvalue weighted by Crippen LogP contribution is -2.39. The number of methoxy groups -OCH3 is 1. The van der Waals surface area contributed by atoms with Crippen molar-refractivity contribution < 1.29 is 24.1 Å². The molecule has 5 rings (SSSR count). The maximum atomic E-state index is 13.4. The second-order valence-electron chi connectivity index (χ2n) is 8.05. The second-order valence-corrected chi connectivity index (χ2v) is 8.05. The summed E-state index contributed by atoms with van der Waals surface area (Å²) in [7, 11) is 1.56. The summed E-state index contributed by atoms with van der Waals surface area (Å²) in [4.78, 5) is 20.8. The van der Waals surface area contributed by atoms with Crippen LogP contribution in [0.2, 0.25) is 0 Å². The number of nitrogens with one attached hydrogen (secondary N) is 2. The van der Waals surface area contributed by atoms with Crippen LogP contribution in [-0.4, -0.2) is 54.0 Å². The molecule has 0 spiro atoms. The summed E-state index contributed by atoms with van der Waals surface area (Å²) >= 11 is 0. The summed E-state index contributed by atoms with van der Waals surface area (Å²) in [5.41, 5.74) is 3.96. The topological polar surface area (TPSA) is 106 Å². The molecule has 4 aromatic rings. The van der Waals surface area contributed by atoms with Crippen LogP contribution in [0.15, 0.2) is 60.9 Å². The number of para-hydroxylation sites is 1.